The molecule has 1 aliphatic rings. The number of carbonyl (C=O) groups is 1. The molecule has 0 aliphatic carbocycles. The highest BCUT2D eigenvalue weighted by Gasteiger charge is 2.22. The Morgan fingerprint density at radius 1 is 1.25 bits per heavy atom. The second-order valence-electron chi connectivity index (χ2n) is 5.03. The average Bonchev–Trinajstić information content (AvgIpc) is 2.77. The van der Waals surface area contributed by atoms with Crippen LogP contribution in [0.25, 0.3) is 0 Å². The lowest BCUT2D eigenvalue weighted by Crippen LogP contribution is -2.03. The molecule has 1 aliphatic heterocycles. The van der Waals surface area contributed by atoms with Gasteiger partial charge in [0.2, 0.25) is 5.91 Å². The number of benzene rings is 2. The molecule has 0 bridgehead atoms. The molecule has 0 saturated heterocycles. The Bertz CT molecular complexity index is 682. The number of fused-ring (bicyclic) bond motifs is 1. The van der Waals surface area contributed by atoms with Crippen molar-refractivity contribution in [3.63, 3.8) is 0 Å². The van der Waals surface area contributed by atoms with Gasteiger partial charge < -0.3 is 5.32 Å². The Morgan fingerprint density at radius 2 is 1.95 bits per heavy atom. The van der Waals surface area contributed by atoms with Gasteiger partial charge in [0.05, 0.1) is 11.2 Å². The molecule has 1 heterocycles. The van der Waals surface area contributed by atoms with Crippen molar-refractivity contribution in [2.24, 2.45) is 0 Å². The third kappa shape index (κ3) is 2.48. The molecule has 0 spiro atoms. The summed E-state index contributed by atoms with van der Waals surface area (Å²) in [5.74, 6) is 0.0228. The fraction of sp³-hybridized carbons (Fsp3) is 0.188. The minimum atomic E-state index is 0.0228. The van der Waals surface area contributed by atoms with Crippen molar-refractivity contribution in [3.05, 3.63) is 63.7 Å². The van der Waals surface area contributed by atoms with E-state index in [4.69, 9.17) is 11.6 Å². The molecule has 102 valence electrons. The predicted molar refractivity (Wildman–Crippen MR) is 85.7 cm³/mol. The summed E-state index contributed by atoms with van der Waals surface area (Å²) >= 11 is 10.1. The van der Waals surface area contributed by atoms with Crippen LogP contribution in [0.1, 0.15) is 27.1 Å². The van der Waals surface area contributed by atoms with Crippen molar-refractivity contribution in [3.8, 4) is 0 Å². The van der Waals surface area contributed by atoms with E-state index in [9.17, 15) is 4.79 Å². The summed E-state index contributed by atoms with van der Waals surface area (Å²) in [5, 5.41) is 3.47. The first-order valence-corrected chi connectivity index (χ1v) is 7.67. The van der Waals surface area contributed by atoms with Crippen LogP contribution in [0.5, 0.6) is 0 Å². The summed E-state index contributed by atoms with van der Waals surface area (Å²) in [5.41, 5.74) is 5.20. The number of anilines is 1. The van der Waals surface area contributed by atoms with Gasteiger partial charge in [0.15, 0.2) is 0 Å². The first-order valence-electron chi connectivity index (χ1n) is 6.37. The highest BCUT2D eigenvalue weighted by atomic mass is 79.9. The lowest BCUT2D eigenvalue weighted by atomic mass is 10.0. The van der Waals surface area contributed by atoms with E-state index >= 15 is 0 Å². The lowest BCUT2D eigenvalue weighted by Gasteiger charge is -2.14. The van der Waals surface area contributed by atoms with Crippen molar-refractivity contribution >= 4 is 39.1 Å². The van der Waals surface area contributed by atoms with Crippen molar-refractivity contribution in [2.45, 2.75) is 18.2 Å². The number of hydrogen-bond acceptors (Lipinski definition) is 1. The largest absolute Gasteiger partial charge is 0.325 e. The van der Waals surface area contributed by atoms with Gasteiger partial charge in [-0.2, -0.15) is 0 Å². The fourth-order valence-corrected chi connectivity index (χ4v) is 3.46. The predicted octanol–water partition coefficient (Wildman–Crippen LogP) is 4.63. The molecule has 2 aromatic rings. The van der Waals surface area contributed by atoms with E-state index in [-0.39, 0.29) is 10.7 Å². The molecule has 4 heteroatoms. The number of amides is 1. The topological polar surface area (TPSA) is 29.1 Å². The number of halogens is 2. The van der Waals surface area contributed by atoms with E-state index in [1.54, 1.807) is 0 Å². The summed E-state index contributed by atoms with van der Waals surface area (Å²) in [6, 6.07) is 12.2. The normalized spacial score (nSPS) is 14.8. The molecular weight excluding hydrogens is 338 g/mol. The Morgan fingerprint density at radius 3 is 2.65 bits per heavy atom. The van der Waals surface area contributed by atoms with E-state index in [0.29, 0.717) is 11.4 Å². The van der Waals surface area contributed by atoms with Gasteiger partial charge in [-0.05, 0) is 29.7 Å². The molecule has 0 saturated carbocycles. The Labute approximate surface area is 131 Å². The fourth-order valence-electron chi connectivity index (χ4n) is 2.38. The summed E-state index contributed by atoms with van der Waals surface area (Å²) in [6.07, 6.45) is 0.424. The quantitative estimate of drug-likeness (QED) is 0.786. The number of rotatable bonds is 2. The first kappa shape index (κ1) is 13.7. The van der Waals surface area contributed by atoms with Crippen molar-refractivity contribution < 1.29 is 4.79 Å². The van der Waals surface area contributed by atoms with Crippen LogP contribution in [0.15, 0.2) is 36.4 Å². The Hall–Kier alpha value is -1.32. The lowest BCUT2D eigenvalue weighted by molar-refractivity contribution is -0.115. The molecule has 1 amide bonds. The third-order valence-corrected chi connectivity index (χ3v) is 4.84. The minimum Gasteiger partial charge on any atom is -0.325 e. The van der Waals surface area contributed by atoms with Gasteiger partial charge in [-0.3, -0.25) is 4.79 Å². The van der Waals surface area contributed by atoms with Gasteiger partial charge in [-0.15, -0.1) is 0 Å². The highest BCUT2D eigenvalue weighted by molar-refractivity contribution is 9.09. The molecule has 2 nitrogen and oxygen atoms in total. The molecule has 1 unspecified atom stereocenters. The van der Waals surface area contributed by atoms with E-state index in [1.165, 1.54) is 5.56 Å². The van der Waals surface area contributed by atoms with Crippen LogP contribution < -0.4 is 5.32 Å². The van der Waals surface area contributed by atoms with Gasteiger partial charge in [0, 0.05) is 10.7 Å². The maximum atomic E-state index is 11.4. The van der Waals surface area contributed by atoms with Crippen LogP contribution in [-0.4, -0.2) is 5.91 Å². The maximum absolute atomic E-state index is 11.4. The summed E-state index contributed by atoms with van der Waals surface area (Å²) in [7, 11) is 0. The standard InChI is InChI=1S/C16H13BrClNO/c1-9-2-4-10(5-3-9)16(17)12-6-11-7-15(20)19-14(11)8-13(12)18/h2-6,8,16H,7H2,1H3,(H,19,20). The smallest absolute Gasteiger partial charge is 0.228 e. The van der Waals surface area contributed by atoms with Gasteiger partial charge >= 0.3 is 0 Å². The van der Waals surface area contributed by atoms with Crippen LogP contribution in [-0.2, 0) is 11.2 Å². The third-order valence-electron chi connectivity index (χ3n) is 3.49. The highest BCUT2D eigenvalue weighted by Crippen LogP contribution is 2.39. The second kappa shape index (κ2) is 5.23. The summed E-state index contributed by atoms with van der Waals surface area (Å²) < 4.78 is 0. The van der Waals surface area contributed by atoms with E-state index < -0.39 is 0 Å². The van der Waals surface area contributed by atoms with Crippen molar-refractivity contribution in [2.75, 3.05) is 5.32 Å². The summed E-state index contributed by atoms with van der Waals surface area (Å²) in [4.78, 5) is 11.5. The molecule has 0 fully saturated rings. The van der Waals surface area contributed by atoms with Crippen LogP contribution in [0, 0.1) is 6.92 Å². The average molecular weight is 351 g/mol. The van der Waals surface area contributed by atoms with Gasteiger partial charge in [0.1, 0.15) is 0 Å². The molecule has 1 atom stereocenters. The summed E-state index contributed by atoms with van der Waals surface area (Å²) in [6.45, 7) is 2.06. The van der Waals surface area contributed by atoms with E-state index in [2.05, 4.69) is 52.4 Å². The van der Waals surface area contributed by atoms with E-state index in [1.807, 2.05) is 12.1 Å². The Balaban J connectivity index is 2.00. The van der Waals surface area contributed by atoms with Crippen molar-refractivity contribution in [1.29, 1.82) is 0 Å². The second-order valence-corrected chi connectivity index (χ2v) is 6.35. The number of aryl methyl sites for hydroxylation is 1. The van der Waals surface area contributed by atoms with Gasteiger partial charge in [-0.1, -0.05) is 63.4 Å². The molecule has 0 radical (unpaired) electrons. The molecular formula is C16H13BrClNO. The zero-order valence-electron chi connectivity index (χ0n) is 10.9. The minimum absolute atomic E-state index is 0.0228. The zero-order chi connectivity index (χ0) is 14.3. The Kier molecular flexibility index (Phi) is 3.57. The number of carbonyl (C=O) groups excluding carboxylic acids is 1. The molecule has 2 aromatic carbocycles. The first-order chi connectivity index (χ1) is 9.54. The number of hydrogen-bond donors (Lipinski definition) is 1. The molecule has 20 heavy (non-hydrogen) atoms. The van der Waals surface area contributed by atoms with Gasteiger partial charge in [-0.25, -0.2) is 0 Å². The van der Waals surface area contributed by atoms with E-state index in [0.717, 1.165) is 22.4 Å². The van der Waals surface area contributed by atoms with Gasteiger partial charge in [0.25, 0.3) is 0 Å². The van der Waals surface area contributed by atoms with Crippen molar-refractivity contribution in [1.82, 2.24) is 0 Å². The molecule has 1 N–H and O–H groups in total. The maximum Gasteiger partial charge on any atom is 0.228 e. The number of alkyl halides is 1. The monoisotopic (exact) mass is 349 g/mol. The number of nitrogens with one attached hydrogen (secondary N) is 1. The molecule has 3 rings (SSSR count). The van der Waals surface area contributed by atoms with Crippen LogP contribution in [0.4, 0.5) is 5.69 Å². The van der Waals surface area contributed by atoms with Crippen LogP contribution >= 0.6 is 27.5 Å². The van der Waals surface area contributed by atoms with Crippen LogP contribution in [0.2, 0.25) is 5.02 Å². The zero-order valence-corrected chi connectivity index (χ0v) is 13.3. The SMILES string of the molecule is Cc1ccc(C(Br)c2cc3c(cc2Cl)NC(=O)C3)cc1. The van der Waals surface area contributed by atoms with Crippen LogP contribution in [0.3, 0.4) is 0 Å². The molecule has 0 aromatic heterocycles.